The first kappa shape index (κ1) is 13.6. The van der Waals surface area contributed by atoms with E-state index in [-0.39, 0.29) is 0 Å². The van der Waals surface area contributed by atoms with Crippen LogP contribution in [0.15, 0.2) is 24.3 Å². The van der Waals surface area contributed by atoms with Crippen molar-refractivity contribution in [3.63, 3.8) is 0 Å². The minimum atomic E-state index is 0.386. The van der Waals surface area contributed by atoms with Crippen LogP contribution in [0.4, 0.5) is 0 Å². The summed E-state index contributed by atoms with van der Waals surface area (Å²) in [6.07, 6.45) is 1.35. The molecule has 0 radical (unpaired) electrons. The number of piperidine rings is 1. The molecule has 0 spiro atoms. The first-order valence-corrected chi connectivity index (χ1v) is 7.11. The lowest BCUT2D eigenvalue weighted by atomic mass is 9.89. The molecule has 2 heteroatoms. The van der Waals surface area contributed by atoms with Crippen LogP contribution in [-0.4, -0.2) is 24.5 Å². The van der Waals surface area contributed by atoms with Crippen LogP contribution in [0.25, 0.3) is 0 Å². The van der Waals surface area contributed by atoms with Gasteiger partial charge < -0.3 is 5.73 Å². The van der Waals surface area contributed by atoms with Crippen molar-refractivity contribution < 1.29 is 0 Å². The smallest absolute Gasteiger partial charge is 0.0473 e. The molecule has 2 N–H and O–H groups in total. The number of hydrogen-bond donors (Lipinski definition) is 1. The second-order valence-corrected chi connectivity index (χ2v) is 6.01. The number of benzene rings is 1. The van der Waals surface area contributed by atoms with Crippen LogP contribution < -0.4 is 5.73 Å². The van der Waals surface area contributed by atoms with Crippen molar-refractivity contribution in [3.8, 4) is 0 Å². The zero-order chi connectivity index (χ0) is 13.1. The Balaban J connectivity index is 2.20. The summed E-state index contributed by atoms with van der Waals surface area (Å²) in [5.41, 5.74) is 8.82. The zero-order valence-electron chi connectivity index (χ0n) is 11.9. The van der Waals surface area contributed by atoms with Gasteiger partial charge in [-0.25, -0.2) is 0 Å². The molecule has 1 aromatic carbocycles. The largest absolute Gasteiger partial charge is 0.329 e. The third-order valence-electron chi connectivity index (χ3n) is 4.11. The van der Waals surface area contributed by atoms with Gasteiger partial charge in [0, 0.05) is 25.7 Å². The quantitative estimate of drug-likeness (QED) is 0.888. The summed E-state index contributed by atoms with van der Waals surface area (Å²) in [6, 6.07) is 9.04. The Bertz CT molecular complexity index is 378. The van der Waals surface area contributed by atoms with Gasteiger partial charge in [-0.15, -0.1) is 0 Å². The highest BCUT2D eigenvalue weighted by Gasteiger charge is 2.28. The predicted molar refractivity (Wildman–Crippen MR) is 77.5 cm³/mol. The lowest BCUT2D eigenvalue weighted by Gasteiger charge is -2.40. The van der Waals surface area contributed by atoms with E-state index in [1.54, 1.807) is 0 Å². The summed E-state index contributed by atoms with van der Waals surface area (Å²) in [6.45, 7) is 9.97. The van der Waals surface area contributed by atoms with Crippen LogP contribution >= 0.6 is 0 Å². The molecule has 1 aromatic rings. The van der Waals surface area contributed by atoms with Gasteiger partial charge in [-0.05, 0) is 36.3 Å². The fraction of sp³-hybridized carbons (Fsp3) is 0.625. The van der Waals surface area contributed by atoms with Gasteiger partial charge >= 0.3 is 0 Å². The highest BCUT2D eigenvalue weighted by Crippen LogP contribution is 2.30. The van der Waals surface area contributed by atoms with Crippen LogP contribution in [0.2, 0.25) is 0 Å². The molecule has 1 unspecified atom stereocenters. The molecule has 1 aliphatic rings. The maximum Gasteiger partial charge on any atom is 0.0473 e. The average Bonchev–Trinajstić information content (AvgIpc) is 2.31. The van der Waals surface area contributed by atoms with E-state index in [0.717, 1.165) is 11.8 Å². The third kappa shape index (κ3) is 2.93. The molecule has 1 saturated heterocycles. The van der Waals surface area contributed by atoms with Crippen molar-refractivity contribution in [2.24, 2.45) is 17.6 Å². The number of likely N-dealkylation sites (tertiary alicyclic amines) is 1. The highest BCUT2D eigenvalue weighted by atomic mass is 15.2. The third-order valence-corrected chi connectivity index (χ3v) is 4.11. The van der Waals surface area contributed by atoms with Crippen molar-refractivity contribution in [1.29, 1.82) is 0 Å². The number of hydrogen-bond acceptors (Lipinski definition) is 2. The summed E-state index contributed by atoms with van der Waals surface area (Å²) < 4.78 is 0. The molecule has 0 bridgehead atoms. The predicted octanol–water partition coefficient (Wildman–Crippen LogP) is 2.97. The van der Waals surface area contributed by atoms with Crippen LogP contribution in [0.1, 0.15) is 37.4 Å². The van der Waals surface area contributed by atoms with E-state index in [2.05, 4.69) is 49.9 Å². The summed E-state index contributed by atoms with van der Waals surface area (Å²) in [4.78, 5) is 2.58. The lowest BCUT2D eigenvalue weighted by Crippen LogP contribution is -2.43. The van der Waals surface area contributed by atoms with Crippen LogP contribution in [-0.2, 0) is 0 Å². The Hall–Kier alpha value is -0.860. The summed E-state index contributed by atoms with van der Waals surface area (Å²) in [5, 5.41) is 0. The summed E-state index contributed by atoms with van der Waals surface area (Å²) in [7, 11) is 0. The van der Waals surface area contributed by atoms with Crippen LogP contribution in [0.3, 0.4) is 0 Å². The van der Waals surface area contributed by atoms with Crippen molar-refractivity contribution in [3.05, 3.63) is 35.4 Å². The molecule has 2 nitrogen and oxygen atoms in total. The minimum absolute atomic E-state index is 0.386. The SMILES string of the molecule is Cc1ccccc1C(CN)N1C[C@H](C)C[C@H](C)C1. The van der Waals surface area contributed by atoms with Gasteiger partial charge in [-0.3, -0.25) is 4.90 Å². The van der Waals surface area contributed by atoms with Crippen molar-refractivity contribution in [1.82, 2.24) is 4.90 Å². The standard InChI is InChI=1S/C16H26N2/c1-12-8-13(2)11-18(10-12)16(9-17)15-7-5-4-6-14(15)3/h4-7,12-13,16H,8-11,17H2,1-3H3/t12-,13+,16?. The van der Waals surface area contributed by atoms with E-state index < -0.39 is 0 Å². The van der Waals surface area contributed by atoms with E-state index in [0.29, 0.717) is 12.6 Å². The van der Waals surface area contributed by atoms with Gasteiger partial charge in [-0.2, -0.15) is 0 Å². The first-order valence-electron chi connectivity index (χ1n) is 7.11. The summed E-state index contributed by atoms with van der Waals surface area (Å²) >= 11 is 0. The average molecular weight is 246 g/mol. The molecule has 0 aromatic heterocycles. The Labute approximate surface area is 111 Å². The van der Waals surface area contributed by atoms with Gasteiger partial charge in [0.1, 0.15) is 0 Å². The molecule has 0 amide bonds. The molecular weight excluding hydrogens is 220 g/mol. The summed E-state index contributed by atoms with van der Waals surface area (Å²) in [5.74, 6) is 1.57. The molecule has 18 heavy (non-hydrogen) atoms. The number of aryl methyl sites for hydroxylation is 1. The Morgan fingerprint density at radius 1 is 1.22 bits per heavy atom. The highest BCUT2D eigenvalue weighted by molar-refractivity contribution is 5.29. The number of nitrogens with two attached hydrogens (primary N) is 1. The van der Waals surface area contributed by atoms with E-state index in [4.69, 9.17) is 5.73 Å². The lowest BCUT2D eigenvalue weighted by molar-refractivity contribution is 0.0981. The first-order chi connectivity index (χ1) is 8.61. The Morgan fingerprint density at radius 2 is 1.83 bits per heavy atom. The molecule has 1 aliphatic heterocycles. The van der Waals surface area contributed by atoms with Crippen LogP contribution in [0.5, 0.6) is 0 Å². The fourth-order valence-electron chi connectivity index (χ4n) is 3.40. The minimum Gasteiger partial charge on any atom is -0.329 e. The van der Waals surface area contributed by atoms with Crippen molar-refractivity contribution in [2.45, 2.75) is 33.2 Å². The number of rotatable bonds is 3. The molecule has 0 saturated carbocycles. The van der Waals surface area contributed by atoms with Crippen LogP contribution in [0, 0.1) is 18.8 Å². The molecule has 0 aliphatic carbocycles. The normalized spacial score (nSPS) is 27.1. The second kappa shape index (κ2) is 5.85. The second-order valence-electron chi connectivity index (χ2n) is 6.01. The van der Waals surface area contributed by atoms with Gasteiger partial charge in [-0.1, -0.05) is 38.1 Å². The Kier molecular flexibility index (Phi) is 4.41. The fourth-order valence-corrected chi connectivity index (χ4v) is 3.40. The molecule has 100 valence electrons. The van der Waals surface area contributed by atoms with Gasteiger partial charge in [0.05, 0.1) is 0 Å². The Morgan fingerprint density at radius 3 is 2.39 bits per heavy atom. The maximum absolute atomic E-state index is 6.05. The molecular formula is C16H26N2. The molecule has 1 heterocycles. The monoisotopic (exact) mass is 246 g/mol. The molecule has 1 fully saturated rings. The molecule has 2 rings (SSSR count). The number of nitrogens with zero attached hydrogens (tertiary/aromatic N) is 1. The van der Waals surface area contributed by atoms with E-state index in [1.165, 1.54) is 30.6 Å². The maximum atomic E-state index is 6.05. The zero-order valence-corrected chi connectivity index (χ0v) is 11.9. The van der Waals surface area contributed by atoms with Crippen molar-refractivity contribution >= 4 is 0 Å². The van der Waals surface area contributed by atoms with Crippen molar-refractivity contribution in [2.75, 3.05) is 19.6 Å². The van der Waals surface area contributed by atoms with Gasteiger partial charge in [0.15, 0.2) is 0 Å². The molecule has 3 atom stereocenters. The van der Waals surface area contributed by atoms with E-state index in [9.17, 15) is 0 Å². The topological polar surface area (TPSA) is 29.3 Å². The van der Waals surface area contributed by atoms with E-state index >= 15 is 0 Å². The van der Waals surface area contributed by atoms with Gasteiger partial charge in [0.25, 0.3) is 0 Å². The van der Waals surface area contributed by atoms with Gasteiger partial charge in [0.2, 0.25) is 0 Å². The van der Waals surface area contributed by atoms with E-state index in [1.807, 2.05) is 0 Å².